The minimum Gasteiger partial charge on any atom is -0.398 e. The Morgan fingerprint density at radius 1 is 1.27 bits per heavy atom. The van der Waals surface area contributed by atoms with Gasteiger partial charge in [0, 0.05) is 0 Å². The summed E-state index contributed by atoms with van der Waals surface area (Å²) in [6.45, 7) is 0. The van der Waals surface area contributed by atoms with E-state index in [1.165, 1.54) is 0 Å². The number of nitrogens with two attached hydrogens (primary N) is 2. The lowest BCUT2D eigenvalue weighted by molar-refractivity contribution is -0.136. The van der Waals surface area contributed by atoms with Crippen LogP contribution in [-0.4, -0.2) is 5.91 Å². The van der Waals surface area contributed by atoms with Crippen LogP contribution in [0.15, 0.2) is 12.1 Å². The van der Waals surface area contributed by atoms with Gasteiger partial charge in [-0.3, -0.25) is 4.79 Å². The lowest BCUT2D eigenvalue weighted by atomic mass is 10.1. The predicted molar refractivity (Wildman–Crippen MR) is 44.3 cm³/mol. The predicted octanol–water partition coefficient (Wildman–Crippen LogP) is 1.53. The van der Waals surface area contributed by atoms with E-state index in [2.05, 4.69) is 0 Å². The Balaban J connectivity index is 3.49. The molecule has 0 heterocycles. The van der Waals surface area contributed by atoms with Crippen LogP contribution >= 0.6 is 0 Å². The molecule has 1 rings (SSSR count). The van der Waals surface area contributed by atoms with Crippen LogP contribution in [0.3, 0.4) is 0 Å². The van der Waals surface area contributed by atoms with E-state index in [0.717, 1.165) is 0 Å². The summed E-state index contributed by atoms with van der Waals surface area (Å²) >= 11 is 0. The van der Waals surface area contributed by atoms with Gasteiger partial charge in [0.15, 0.2) is 0 Å². The molecular weight excluding hydrogens is 216 g/mol. The second-order valence-electron chi connectivity index (χ2n) is 2.75. The molecule has 0 spiro atoms. The first-order valence-electron chi connectivity index (χ1n) is 3.70. The number of hydrogen-bond acceptors (Lipinski definition) is 2. The molecule has 0 atom stereocenters. The third kappa shape index (κ3) is 2.00. The Morgan fingerprint density at radius 3 is 2.20 bits per heavy atom. The van der Waals surface area contributed by atoms with Crippen molar-refractivity contribution in [2.75, 3.05) is 5.73 Å². The van der Waals surface area contributed by atoms with Crippen LogP contribution in [0.25, 0.3) is 0 Å². The lowest BCUT2D eigenvalue weighted by Crippen LogP contribution is -2.19. The van der Waals surface area contributed by atoms with Crippen molar-refractivity contribution in [2.45, 2.75) is 6.18 Å². The van der Waals surface area contributed by atoms with Crippen molar-refractivity contribution in [3.8, 4) is 0 Å². The summed E-state index contributed by atoms with van der Waals surface area (Å²) in [5.74, 6) is -2.51. The second-order valence-corrected chi connectivity index (χ2v) is 2.75. The molecule has 7 heteroatoms. The van der Waals surface area contributed by atoms with E-state index in [-0.39, 0.29) is 0 Å². The van der Waals surface area contributed by atoms with Gasteiger partial charge in [-0.2, -0.15) is 13.2 Å². The number of hydrogen-bond donors (Lipinski definition) is 2. The van der Waals surface area contributed by atoms with Crippen molar-refractivity contribution in [3.63, 3.8) is 0 Å². The SMILES string of the molecule is NC(=O)c1c(F)ccc(C(F)(F)F)c1N. The highest BCUT2D eigenvalue weighted by Gasteiger charge is 2.35. The van der Waals surface area contributed by atoms with Crippen molar-refractivity contribution in [3.05, 3.63) is 29.1 Å². The van der Waals surface area contributed by atoms with Gasteiger partial charge in [-0.05, 0) is 12.1 Å². The maximum absolute atomic E-state index is 12.9. The molecular formula is C8H6F4N2O. The largest absolute Gasteiger partial charge is 0.418 e. The molecule has 15 heavy (non-hydrogen) atoms. The molecule has 0 aromatic heterocycles. The van der Waals surface area contributed by atoms with E-state index in [1.54, 1.807) is 0 Å². The van der Waals surface area contributed by atoms with E-state index in [0.29, 0.717) is 12.1 Å². The minimum atomic E-state index is -4.75. The smallest absolute Gasteiger partial charge is 0.398 e. The summed E-state index contributed by atoms with van der Waals surface area (Å²) in [6, 6.07) is 0.955. The zero-order valence-corrected chi connectivity index (χ0v) is 7.23. The Hall–Kier alpha value is -1.79. The normalized spacial score (nSPS) is 11.5. The number of nitrogen functional groups attached to an aromatic ring is 1. The minimum absolute atomic E-state index is 0.455. The number of amides is 1. The molecule has 0 radical (unpaired) electrons. The molecule has 82 valence electrons. The highest BCUT2D eigenvalue weighted by Crippen LogP contribution is 2.35. The number of rotatable bonds is 1. The molecule has 1 aromatic carbocycles. The average Bonchev–Trinajstić information content (AvgIpc) is 2.00. The van der Waals surface area contributed by atoms with Crippen LogP contribution in [-0.2, 0) is 6.18 Å². The molecule has 0 bridgehead atoms. The molecule has 0 unspecified atom stereocenters. The maximum atomic E-state index is 12.9. The number of primary amides is 1. The van der Waals surface area contributed by atoms with Gasteiger partial charge in [-0.25, -0.2) is 4.39 Å². The van der Waals surface area contributed by atoms with Crippen LogP contribution in [0.5, 0.6) is 0 Å². The van der Waals surface area contributed by atoms with Gasteiger partial charge in [-0.15, -0.1) is 0 Å². The van der Waals surface area contributed by atoms with Crippen molar-refractivity contribution in [1.82, 2.24) is 0 Å². The third-order valence-corrected chi connectivity index (χ3v) is 1.75. The second kappa shape index (κ2) is 3.41. The van der Waals surface area contributed by atoms with Gasteiger partial charge < -0.3 is 11.5 Å². The first-order valence-corrected chi connectivity index (χ1v) is 3.70. The van der Waals surface area contributed by atoms with E-state index >= 15 is 0 Å². The fourth-order valence-corrected chi connectivity index (χ4v) is 1.09. The Kier molecular flexibility index (Phi) is 2.57. The molecule has 0 fully saturated rings. The first kappa shape index (κ1) is 11.3. The monoisotopic (exact) mass is 222 g/mol. The summed E-state index contributed by atoms with van der Waals surface area (Å²) < 4.78 is 49.7. The summed E-state index contributed by atoms with van der Waals surface area (Å²) in [4.78, 5) is 10.7. The van der Waals surface area contributed by atoms with E-state index in [1.807, 2.05) is 0 Å². The van der Waals surface area contributed by atoms with Crippen LogP contribution in [0.1, 0.15) is 15.9 Å². The number of carbonyl (C=O) groups excluding carboxylic acids is 1. The number of carbonyl (C=O) groups is 1. The fourth-order valence-electron chi connectivity index (χ4n) is 1.09. The third-order valence-electron chi connectivity index (χ3n) is 1.75. The van der Waals surface area contributed by atoms with Gasteiger partial charge in [0.05, 0.1) is 16.8 Å². The fraction of sp³-hybridized carbons (Fsp3) is 0.125. The number of benzene rings is 1. The van der Waals surface area contributed by atoms with Gasteiger partial charge in [0.2, 0.25) is 0 Å². The highest BCUT2D eigenvalue weighted by molar-refractivity contribution is 5.99. The highest BCUT2D eigenvalue weighted by atomic mass is 19.4. The van der Waals surface area contributed by atoms with Crippen LogP contribution in [0.4, 0.5) is 23.2 Å². The average molecular weight is 222 g/mol. The molecule has 0 saturated heterocycles. The zero-order valence-electron chi connectivity index (χ0n) is 7.23. The van der Waals surface area contributed by atoms with Crippen LogP contribution < -0.4 is 11.5 Å². The van der Waals surface area contributed by atoms with Crippen LogP contribution in [0.2, 0.25) is 0 Å². The Morgan fingerprint density at radius 2 is 1.80 bits per heavy atom. The molecule has 1 aromatic rings. The quantitative estimate of drug-likeness (QED) is 0.558. The molecule has 1 amide bonds. The molecule has 0 saturated carbocycles. The Labute approximate surface area is 81.7 Å². The summed E-state index contributed by atoms with van der Waals surface area (Å²) in [5, 5.41) is 0. The Bertz CT molecular complexity index is 414. The van der Waals surface area contributed by atoms with E-state index in [9.17, 15) is 22.4 Å². The van der Waals surface area contributed by atoms with Crippen molar-refractivity contribution in [1.29, 1.82) is 0 Å². The number of alkyl halides is 3. The van der Waals surface area contributed by atoms with Crippen LogP contribution in [0, 0.1) is 5.82 Å². The van der Waals surface area contributed by atoms with Gasteiger partial charge in [0.25, 0.3) is 5.91 Å². The zero-order chi connectivity index (χ0) is 11.8. The summed E-state index contributed by atoms with van der Waals surface area (Å²) in [5.41, 5.74) is 6.50. The molecule has 3 nitrogen and oxygen atoms in total. The molecule has 0 aliphatic carbocycles. The summed E-state index contributed by atoms with van der Waals surface area (Å²) in [6.07, 6.45) is -4.75. The van der Waals surface area contributed by atoms with Crippen molar-refractivity contribution < 1.29 is 22.4 Å². The van der Waals surface area contributed by atoms with Crippen molar-refractivity contribution >= 4 is 11.6 Å². The number of anilines is 1. The first-order chi connectivity index (χ1) is 6.75. The standard InChI is InChI=1S/C8H6F4N2O/c9-4-2-1-3(8(10,11)12)6(13)5(4)7(14)15/h1-2H,13H2,(H2,14,15). The van der Waals surface area contributed by atoms with Gasteiger partial charge in [-0.1, -0.05) is 0 Å². The van der Waals surface area contributed by atoms with E-state index < -0.39 is 34.7 Å². The number of halogens is 4. The molecule has 0 aliphatic heterocycles. The molecule has 4 N–H and O–H groups in total. The van der Waals surface area contributed by atoms with Crippen molar-refractivity contribution in [2.24, 2.45) is 5.73 Å². The topological polar surface area (TPSA) is 69.1 Å². The van der Waals surface area contributed by atoms with E-state index in [4.69, 9.17) is 11.5 Å². The molecule has 0 aliphatic rings. The lowest BCUT2D eigenvalue weighted by Gasteiger charge is -2.12. The van der Waals surface area contributed by atoms with Gasteiger partial charge >= 0.3 is 6.18 Å². The maximum Gasteiger partial charge on any atom is 0.418 e. The summed E-state index contributed by atoms with van der Waals surface area (Å²) in [7, 11) is 0. The van der Waals surface area contributed by atoms with Gasteiger partial charge in [0.1, 0.15) is 5.82 Å².